The van der Waals surface area contributed by atoms with E-state index in [1.54, 1.807) is 6.07 Å². The Morgan fingerprint density at radius 3 is 2.00 bits per heavy atom. The Morgan fingerprint density at radius 1 is 1.12 bits per heavy atom. The van der Waals surface area contributed by atoms with Crippen molar-refractivity contribution in [2.75, 3.05) is 0 Å². The van der Waals surface area contributed by atoms with Crippen LogP contribution in [0.1, 0.15) is 18.4 Å². The first-order chi connectivity index (χ1) is 7.34. The van der Waals surface area contributed by atoms with Gasteiger partial charge in [-0.3, -0.25) is 9.59 Å². The van der Waals surface area contributed by atoms with Gasteiger partial charge in [0, 0.05) is 0 Å². The molecule has 0 spiro atoms. The maximum absolute atomic E-state index is 12.2. The van der Waals surface area contributed by atoms with Gasteiger partial charge in [0.1, 0.15) is 11.7 Å². The van der Waals surface area contributed by atoms with Gasteiger partial charge in [-0.15, -0.1) is 0 Å². The zero-order valence-electron chi connectivity index (χ0n) is 8.41. The van der Waals surface area contributed by atoms with E-state index in [9.17, 15) is 22.8 Å². The van der Waals surface area contributed by atoms with Crippen molar-refractivity contribution in [1.82, 2.24) is 0 Å². The Morgan fingerprint density at radius 2 is 1.62 bits per heavy atom. The van der Waals surface area contributed by atoms with E-state index in [2.05, 4.69) is 0 Å². The van der Waals surface area contributed by atoms with Crippen LogP contribution in [0.15, 0.2) is 30.3 Å². The molecule has 5 heteroatoms. The van der Waals surface area contributed by atoms with E-state index < -0.39 is 23.7 Å². The molecule has 0 N–H and O–H groups in total. The van der Waals surface area contributed by atoms with Crippen LogP contribution in [0.5, 0.6) is 0 Å². The van der Waals surface area contributed by atoms with Gasteiger partial charge in [0.05, 0.1) is 0 Å². The highest BCUT2D eigenvalue weighted by Crippen LogP contribution is 2.28. The average Bonchev–Trinajstić information content (AvgIpc) is 2.17. The second kappa shape index (κ2) is 4.47. The summed E-state index contributed by atoms with van der Waals surface area (Å²) in [5, 5.41) is 0. The van der Waals surface area contributed by atoms with Crippen molar-refractivity contribution >= 4 is 11.6 Å². The molecular formula is C11H9F3O2. The van der Waals surface area contributed by atoms with Gasteiger partial charge in [-0.1, -0.05) is 30.3 Å². The molecule has 0 heterocycles. The smallest absolute Gasteiger partial charge is 0.299 e. The summed E-state index contributed by atoms with van der Waals surface area (Å²) in [4.78, 5) is 22.2. The van der Waals surface area contributed by atoms with Crippen molar-refractivity contribution in [3.63, 3.8) is 0 Å². The minimum absolute atomic E-state index is 0.0670. The average molecular weight is 230 g/mol. The molecule has 1 rings (SSSR count). The molecule has 0 saturated heterocycles. The molecule has 86 valence electrons. The van der Waals surface area contributed by atoms with Crippen LogP contribution in [-0.2, 0) is 9.59 Å². The molecule has 0 aromatic heterocycles. The molecule has 0 aliphatic heterocycles. The molecule has 0 fully saturated rings. The highest BCUT2D eigenvalue weighted by Gasteiger charge is 2.45. The summed E-state index contributed by atoms with van der Waals surface area (Å²) in [6.07, 6.45) is -4.99. The number of Topliss-reactive ketones (excluding diaryl/α,β-unsaturated/α-hetero) is 2. The van der Waals surface area contributed by atoms with Crippen molar-refractivity contribution < 1.29 is 22.8 Å². The van der Waals surface area contributed by atoms with Gasteiger partial charge in [0.25, 0.3) is 5.78 Å². The summed E-state index contributed by atoms with van der Waals surface area (Å²) in [6, 6.07) is 7.22. The number of hydrogen-bond donors (Lipinski definition) is 0. The maximum Gasteiger partial charge on any atom is 0.451 e. The summed E-state index contributed by atoms with van der Waals surface area (Å²) >= 11 is 0. The van der Waals surface area contributed by atoms with Crippen LogP contribution in [0.3, 0.4) is 0 Å². The highest BCUT2D eigenvalue weighted by molar-refractivity contribution is 6.08. The van der Waals surface area contributed by atoms with Crippen LogP contribution in [-0.4, -0.2) is 17.7 Å². The van der Waals surface area contributed by atoms with Crippen molar-refractivity contribution in [2.45, 2.75) is 19.0 Å². The lowest BCUT2D eigenvalue weighted by Gasteiger charge is -2.14. The predicted molar refractivity (Wildman–Crippen MR) is 50.9 cm³/mol. The molecule has 1 aromatic carbocycles. The van der Waals surface area contributed by atoms with E-state index >= 15 is 0 Å². The number of hydrogen-bond acceptors (Lipinski definition) is 2. The molecule has 0 aliphatic carbocycles. The van der Waals surface area contributed by atoms with E-state index in [0.29, 0.717) is 0 Å². The second-order valence-electron chi connectivity index (χ2n) is 3.32. The molecule has 0 radical (unpaired) electrons. The molecule has 0 amide bonds. The van der Waals surface area contributed by atoms with Crippen molar-refractivity contribution in [3.8, 4) is 0 Å². The third kappa shape index (κ3) is 2.68. The first-order valence-electron chi connectivity index (χ1n) is 4.50. The molecule has 1 aromatic rings. The fourth-order valence-corrected chi connectivity index (χ4v) is 1.38. The number of carbonyl (C=O) groups is 2. The first-order valence-corrected chi connectivity index (χ1v) is 4.50. The van der Waals surface area contributed by atoms with Crippen LogP contribution in [0.4, 0.5) is 13.2 Å². The quantitative estimate of drug-likeness (QED) is 0.747. The standard InChI is InChI=1S/C11H9F3O2/c1-7(15)9(10(16)11(12,13)14)8-5-3-2-4-6-8/h2-6,9H,1H3. The van der Waals surface area contributed by atoms with E-state index in [4.69, 9.17) is 0 Å². The zero-order chi connectivity index (χ0) is 12.3. The normalized spacial score (nSPS) is 13.2. The van der Waals surface area contributed by atoms with Gasteiger partial charge < -0.3 is 0 Å². The number of carbonyl (C=O) groups excluding carboxylic acids is 2. The summed E-state index contributed by atoms with van der Waals surface area (Å²) < 4.78 is 36.7. The van der Waals surface area contributed by atoms with Crippen LogP contribution < -0.4 is 0 Å². The van der Waals surface area contributed by atoms with Crippen LogP contribution in [0.2, 0.25) is 0 Å². The van der Waals surface area contributed by atoms with Crippen molar-refractivity contribution in [3.05, 3.63) is 35.9 Å². The van der Waals surface area contributed by atoms with Gasteiger partial charge in [0.2, 0.25) is 0 Å². The Balaban J connectivity index is 3.12. The lowest BCUT2D eigenvalue weighted by Crippen LogP contribution is -2.32. The number of halogens is 3. The van der Waals surface area contributed by atoms with Crippen LogP contribution in [0, 0.1) is 0 Å². The fourth-order valence-electron chi connectivity index (χ4n) is 1.38. The first kappa shape index (κ1) is 12.4. The molecule has 1 atom stereocenters. The summed E-state index contributed by atoms with van der Waals surface area (Å²) in [7, 11) is 0. The largest absolute Gasteiger partial charge is 0.451 e. The van der Waals surface area contributed by atoms with Gasteiger partial charge in [-0.05, 0) is 12.5 Å². The van der Waals surface area contributed by atoms with Gasteiger partial charge >= 0.3 is 6.18 Å². The highest BCUT2D eigenvalue weighted by atomic mass is 19.4. The van der Waals surface area contributed by atoms with Gasteiger partial charge in [-0.25, -0.2) is 0 Å². The summed E-state index contributed by atoms with van der Waals surface area (Å²) in [5.74, 6) is -4.58. The van der Waals surface area contributed by atoms with Gasteiger partial charge in [-0.2, -0.15) is 13.2 Å². The molecule has 0 bridgehead atoms. The van der Waals surface area contributed by atoms with E-state index in [1.165, 1.54) is 24.3 Å². The van der Waals surface area contributed by atoms with Crippen molar-refractivity contribution in [2.24, 2.45) is 0 Å². The molecular weight excluding hydrogens is 221 g/mol. The summed E-state index contributed by atoms with van der Waals surface area (Å²) in [6.45, 7) is 0.974. The van der Waals surface area contributed by atoms with Crippen molar-refractivity contribution in [1.29, 1.82) is 0 Å². The monoisotopic (exact) mass is 230 g/mol. The Labute approximate surface area is 90.1 Å². The zero-order valence-corrected chi connectivity index (χ0v) is 8.41. The Bertz CT molecular complexity index is 395. The van der Waals surface area contributed by atoms with Crippen LogP contribution in [0.25, 0.3) is 0 Å². The topological polar surface area (TPSA) is 34.1 Å². The summed E-state index contributed by atoms with van der Waals surface area (Å²) in [5.41, 5.74) is 0.0670. The fraction of sp³-hybridized carbons (Fsp3) is 0.273. The third-order valence-corrected chi connectivity index (χ3v) is 2.08. The molecule has 1 unspecified atom stereocenters. The maximum atomic E-state index is 12.2. The molecule has 0 aliphatic rings. The van der Waals surface area contributed by atoms with E-state index in [1.807, 2.05) is 0 Å². The van der Waals surface area contributed by atoms with Gasteiger partial charge in [0.15, 0.2) is 0 Å². The number of rotatable bonds is 3. The number of ketones is 2. The Hall–Kier alpha value is -1.65. The third-order valence-electron chi connectivity index (χ3n) is 2.08. The molecule has 16 heavy (non-hydrogen) atoms. The minimum atomic E-state index is -4.99. The van der Waals surface area contributed by atoms with E-state index in [0.717, 1.165) is 6.92 Å². The predicted octanol–water partition coefficient (Wildman–Crippen LogP) is 2.49. The Kier molecular flexibility index (Phi) is 3.47. The lowest BCUT2D eigenvalue weighted by atomic mass is 9.91. The lowest BCUT2D eigenvalue weighted by molar-refractivity contribution is -0.173. The minimum Gasteiger partial charge on any atom is -0.299 e. The van der Waals surface area contributed by atoms with E-state index in [-0.39, 0.29) is 5.56 Å². The second-order valence-corrected chi connectivity index (χ2v) is 3.32. The van der Waals surface area contributed by atoms with Crippen LogP contribution >= 0.6 is 0 Å². The molecule has 2 nitrogen and oxygen atoms in total. The number of benzene rings is 1. The SMILES string of the molecule is CC(=O)C(C(=O)C(F)(F)F)c1ccccc1. The molecule has 0 saturated carbocycles. The number of alkyl halides is 3.